The van der Waals surface area contributed by atoms with Crippen molar-refractivity contribution in [3.8, 4) is 0 Å². The van der Waals surface area contributed by atoms with Gasteiger partial charge in [-0.05, 0) is 6.42 Å². The van der Waals surface area contributed by atoms with Gasteiger partial charge in [-0.15, -0.1) is 0 Å². The van der Waals surface area contributed by atoms with E-state index in [4.69, 9.17) is 0 Å². The predicted molar refractivity (Wildman–Crippen MR) is 106 cm³/mol. The Labute approximate surface area is 322 Å². The minimum absolute atomic E-state index is 0. The van der Waals surface area contributed by atoms with Crippen molar-refractivity contribution in [1.29, 1.82) is 0 Å². The molecule has 0 N–H and O–H groups in total. The van der Waals surface area contributed by atoms with Gasteiger partial charge in [-0.25, -0.2) is 0 Å². The average Bonchev–Trinajstić information content (AvgIpc) is 2.65. The fourth-order valence-electron chi connectivity index (χ4n) is 3.74. The summed E-state index contributed by atoms with van der Waals surface area (Å²) in [6, 6.07) is 0. The minimum Gasteiger partial charge on any atom is -0.550 e. The van der Waals surface area contributed by atoms with Gasteiger partial charge in [-0.2, -0.15) is 0 Å². The quantitative estimate of drug-likeness (QED) is 0.0830. The number of unbranched alkanes of at least 4 members (excludes halogenated alkanes) is 15. The zero-order valence-corrected chi connectivity index (χ0v) is 30.5. The zero-order valence-electron chi connectivity index (χ0n) is 21.2. The molecular weight excluding hydrogens is 490 g/mol. The van der Waals surface area contributed by atoms with Crippen molar-refractivity contribution in [3.63, 3.8) is 0 Å². The number of carbonyl (C=O) groups is 3. The molecule has 170 valence electrons. The Morgan fingerprint density at radius 3 is 1.06 bits per heavy atom. The number of carboxylic acids is 3. The fraction of sp³-hybridized carbons (Fsp3) is 0.870. The van der Waals surface area contributed by atoms with Crippen molar-refractivity contribution in [3.05, 3.63) is 0 Å². The van der Waals surface area contributed by atoms with Crippen LogP contribution in [0.2, 0.25) is 0 Å². The van der Waals surface area contributed by atoms with Gasteiger partial charge >= 0.3 is 154 Å². The monoisotopic (exact) mass is 528 g/mol. The first kappa shape index (κ1) is 42.4. The van der Waals surface area contributed by atoms with Gasteiger partial charge in [0.1, 0.15) is 0 Å². The van der Waals surface area contributed by atoms with Crippen molar-refractivity contribution in [1.82, 2.24) is 0 Å². The molecule has 0 unspecified atom stereocenters. The first-order valence-electron chi connectivity index (χ1n) is 11.5. The number of carbonyl (C=O) groups excluding carboxylic acids is 3. The van der Waals surface area contributed by atoms with E-state index in [2.05, 4.69) is 6.92 Å². The molecule has 0 heterocycles. The smallest absolute Gasteiger partial charge is 0.550 e. The van der Waals surface area contributed by atoms with Gasteiger partial charge in [-0.1, -0.05) is 110 Å². The molecule has 0 amide bonds. The summed E-state index contributed by atoms with van der Waals surface area (Å²) in [6.07, 6.45) is 17.0. The Balaban J connectivity index is -0.00000131. The van der Waals surface area contributed by atoms with Crippen LogP contribution < -0.4 is 169 Å². The van der Waals surface area contributed by atoms with Gasteiger partial charge < -0.3 is 29.7 Å². The number of rotatable bonds is 21. The molecule has 0 atom stereocenters. The molecule has 0 fully saturated rings. The normalized spacial score (nSPS) is 10.4. The van der Waals surface area contributed by atoms with Crippen LogP contribution in [0.3, 0.4) is 0 Å². The minimum atomic E-state index is -2.49. The van der Waals surface area contributed by atoms with Crippen LogP contribution in [-0.4, -0.2) is 17.9 Å². The maximum absolute atomic E-state index is 11.2. The maximum Gasteiger partial charge on any atom is 1.00 e. The molecule has 0 bridgehead atoms. The SMILES string of the molecule is CCCCCCCCCCCCCCCCCCC(CC(=O)[O-])(C(=O)[O-])C(=O)[O-].[K+].[K+].[K+]. The van der Waals surface area contributed by atoms with Crippen LogP contribution in [0.5, 0.6) is 0 Å². The Hall–Kier alpha value is 3.32. The summed E-state index contributed by atoms with van der Waals surface area (Å²) in [5.74, 6) is -5.56. The van der Waals surface area contributed by atoms with Gasteiger partial charge in [0.2, 0.25) is 0 Å². The van der Waals surface area contributed by atoms with Gasteiger partial charge in [-0.3, -0.25) is 0 Å². The van der Waals surface area contributed by atoms with Crippen LogP contribution >= 0.6 is 0 Å². The third-order valence-electron chi connectivity index (χ3n) is 5.68. The van der Waals surface area contributed by atoms with E-state index in [1.807, 2.05) is 0 Å². The molecule has 32 heavy (non-hydrogen) atoms. The molecule has 0 rings (SSSR count). The van der Waals surface area contributed by atoms with E-state index in [1.165, 1.54) is 70.6 Å². The third-order valence-corrected chi connectivity index (χ3v) is 5.68. The van der Waals surface area contributed by atoms with E-state index in [0.29, 0.717) is 12.8 Å². The third kappa shape index (κ3) is 22.5. The number of hydrogen-bond donors (Lipinski definition) is 0. The molecule has 9 heteroatoms. The molecule has 0 aromatic rings. The summed E-state index contributed by atoms with van der Waals surface area (Å²) >= 11 is 0. The van der Waals surface area contributed by atoms with Crippen molar-refractivity contribution in [2.24, 2.45) is 5.41 Å². The molecule has 0 aliphatic rings. The van der Waals surface area contributed by atoms with E-state index in [9.17, 15) is 29.7 Å². The molecule has 0 aliphatic carbocycles. The molecule has 0 saturated heterocycles. The first-order chi connectivity index (χ1) is 13.9. The summed E-state index contributed by atoms with van der Waals surface area (Å²) in [7, 11) is 0. The van der Waals surface area contributed by atoms with Crippen molar-refractivity contribution in [2.45, 2.75) is 122 Å². The van der Waals surface area contributed by atoms with Crippen LogP contribution in [0.4, 0.5) is 0 Å². The van der Waals surface area contributed by atoms with Crippen molar-refractivity contribution >= 4 is 17.9 Å². The molecule has 0 radical (unpaired) electrons. The molecule has 0 aliphatic heterocycles. The molecular formula is C23H39K3O6. The van der Waals surface area contributed by atoms with Crippen LogP contribution in [0.25, 0.3) is 0 Å². The molecule has 0 aromatic heterocycles. The summed E-state index contributed by atoms with van der Waals surface area (Å²) in [4.78, 5) is 33.0. The number of hydrogen-bond acceptors (Lipinski definition) is 6. The Bertz CT molecular complexity index is 461. The van der Waals surface area contributed by atoms with E-state index < -0.39 is 29.7 Å². The largest absolute Gasteiger partial charge is 1.00 e. The second-order valence-electron chi connectivity index (χ2n) is 8.26. The van der Waals surface area contributed by atoms with Crippen molar-refractivity contribution < 1.29 is 184 Å². The standard InChI is InChI=1S/C23H42O6.3K/c1-2-3-4-5-6-7-8-9-10-11-12-13-14-15-16-17-18-23(21(26)27,22(28)29)19-20(24)25;;;/h2-19H2,1H3,(H,24,25)(H,26,27)(H,28,29);;;/q;3*+1/p-3. The second kappa shape index (κ2) is 28.9. The van der Waals surface area contributed by atoms with Crippen LogP contribution in [-0.2, 0) is 14.4 Å². The van der Waals surface area contributed by atoms with Crippen LogP contribution in [0.1, 0.15) is 122 Å². The first-order valence-corrected chi connectivity index (χ1v) is 11.5. The predicted octanol–water partition coefficient (Wildman–Crippen LogP) is -6.72. The molecule has 0 saturated carbocycles. The molecule has 0 spiro atoms. The summed E-state index contributed by atoms with van der Waals surface area (Å²) in [5, 5.41) is 33.0. The van der Waals surface area contributed by atoms with Crippen LogP contribution in [0, 0.1) is 5.41 Å². The van der Waals surface area contributed by atoms with Gasteiger partial charge in [0.25, 0.3) is 0 Å². The number of carboxylic acid groups (broad SMARTS) is 3. The average molecular weight is 529 g/mol. The Morgan fingerprint density at radius 2 is 0.812 bits per heavy atom. The van der Waals surface area contributed by atoms with E-state index in [-0.39, 0.29) is 161 Å². The van der Waals surface area contributed by atoms with E-state index >= 15 is 0 Å². The maximum atomic E-state index is 11.2. The van der Waals surface area contributed by atoms with E-state index in [0.717, 1.165) is 19.3 Å². The summed E-state index contributed by atoms with van der Waals surface area (Å²) < 4.78 is 0. The second-order valence-corrected chi connectivity index (χ2v) is 8.26. The molecule has 0 aromatic carbocycles. The van der Waals surface area contributed by atoms with Gasteiger partial charge in [0, 0.05) is 12.4 Å². The van der Waals surface area contributed by atoms with Crippen LogP contribution in [0.15, 0.2) is 0 Å². The van der Waals surface area contributed by atoms with Crippen molar-refractivity contribution in [2.75, 3.05) is 0 Å². The van der Waals surface area contributed by atoms with Gasteiger partial charge in [0.05, 0.1) is 17.4 Å². The Kier molecular flexibility index (Phi) is 38.3. The zero-order chi connectivity index (χ0) is 22.0. The summed E-state index contributed by atoms with van der Waals surface area (Å²) in [6.45, 7) is 2.24. The van der Waals surface area contributed by atoms with E-state index in [1.54, 1.807) is 0 Å². The topological polar surface area (TPSA) is 120 Å². The molecule has 6 nitrogen and oxygen atoms in total. The summed E-state index contributed by atoms with van der Waals surface area (Å²) in [5.41, 5.74) is -2.49. The number of aliphatic carboxylic acids is 3. The fourth-order valence-corrected chi connectivity index (χ4v) is 3.74. The Morgan fingerprint density at radius 1 is 0.531 bits per heavy atom. The van der Waals surface area contributed by atoms with Gasteiger partial charge in [0.15, 0.2) is 0 Å².